The molecule has 4 rings (SSSR count). The number of nitrogens with zero attached hydrogens (tertiary/aromatic N) is 5. The Kier molecular flexibility index (Phi) is 3.57. The van der Waals surface area contributed by atoms with Crippen molar-refractivity contribution < 1.29 is 14.3 Å². The minimum atomic E-state index is -0.0826. The number of fused-ring (bicyclic) bond motifs is 1. The Balaban J connectivity index is 1.41. The molecule has 8 nitrogen and oxygen atoms in total. The highest BCUT2D eigenvalue weighted by Gasteiger charge is 2.30. The summed E-state index contributed by atoms with van der Waals surface area (Å²) in [5.74, 6) is 1.07. The van der Waals surface area contributed by atoms with Gasteiger partial charge in [-0.15, -0.1) is 5.10 Å². The number of carbonyl (C=O) groups is 1. The standard InChI is InChI=1S/C15H17N5O3/c21-15(12-9-14-20(18-12)6-2-8-22-14)19-7-4-11(10-19)23-13-3-1-5-16-17-13/h1,3,5,9,11H,2,4,6-8,10H2/t11-/m1/s1. The van der Waals surface area contributed by atoms with Crippen LogP contribution in [0.15, 0.2) is 24.4 Å². The fourth-order valence-electron chi connectivity index (χ4n) is 2.86. The third kappa shape index (κ3) is 2.84. The van der Waals surface area contributed by atoms with E-state index >= 15 is 0 Å². The van der Waals surface area contributed by atoms with Crippen LogP contribution in [-0.4, -0.2) is 56.6 Å². The number of amides is 1. The second-order valence-corrected chi connectivity index (χ2v) is 5.63. The predicted octanol–water partition coefficient (Wildman–Crippen LogP) is 0.749. The highest BCUT2D eigenvalue weighted by Crippen LogP contribution is 2.22. The quantitative estimate of drug-likeness (QED) is 0.831. The van der Waals surface area contributed by atoms with Crippen molar-refractivity contribution in [1.29, 1.82) is 0 Å². The average molecular weight is 315 g/mol. The van der Waals surface area contributed by atoms with E-state index in [1.807, 2.05) is 0 Å². The average Bonchev–Trinajstić information content (AvgIpc) is 3.21. The van der Waals surface area contributed by atoms with Gasteiger partial charge in [-0.3, -0.25) is 4.79 Å². The zero-order valence-electron chi connectivity index (χ0n) is 12.6. The lowest BCUT2D eigenvalue weighted by atomic mass is 10.3. The summed E-state index contributed by atoms with van der Waals surface area (Å²) in [4.78, 5) is 14.3. The van der Waals surface area contributed by atoms with Gasteiger partial charge < -0.3 is 14.4 Å². The molecule has 0 saturated carbocycles. The molecule has 0 N–H and O–H groups in total. The maximum absolute atomic E-state index is 12.6. The molecule has 2 aromatic heterocycles. The number of carbonyl (C=O) groups excluding carboxylic acids is 1. The predicted molar refractivity (Wildman–Crippen MR) is 79.3 cm³/mol. The van der Waals surface area contributed by atoms with Gasteiger partial charge in [0.15, 0.2) is 5.69 Å². The number of hydrogen-bond donors (Lipinski definition) is 0. The van der Waals surface area contributed by atoms with Crippen LogP contribution in [0.5, 0.6) is 11.8 Å². The zero-order valence-corrected chi connectivity index (χ0v) is 12.6. The van der Waals surface area contributed by atoms with Crippen molar-refractivity contribution in [3.8, 4) is 11.8 Å². The molecule has 23 heavy (non-hydrogen) atoms. The van der Waals surface area contributed by atoms with Crippen molar-refractivity contribution in [3.63, 3.8) is 0 Å². The highest BCUT2D eigenvalue weighted by molar-refractivity contribution is 5.92. The van der Waals surface area contributed by atoms with Crippen LogP contribution in [0.4, 0.5) is 0 Å². The van der Waals surface area contributed by atoms with E-state index in [1.165, 1.54) is 0 Å². The summed E-state index contributed by atoms with van der Waals surface area (Å²) in [5, 5.41) is 12.0. The number of likely N-dealkylation sites (tertiary alicyclic amines) is 1. The second kappa shape index (κ2) is 5.86. The molecule has 0 unspecified atom stereocenters. The van der Waals surface area contributed by atoms with Gasteiger partial charge in [0.25, 0.3) is 5.91 Å². The van der Waals surface area contributed by atoms with Crippen molar-refractivity contribution in [3.05, 3.63) is 30.1 Å². The summed E-state index contributed by atoms with van der Waals surface area (Å²) >= 11 is 0. The first-order chi connectivity index (χ1) is 11.3. The van der Waals surface area contributed by atoms with Crippen LogP contribution in [0, 0.1) is 0 Å². The summed E-state index contributed by atoms with van der Waals surface area (Å²) in [6, 6.07) is 5.26. The summed E-state index contributed by atoms with van der Waals surface area (Å²) in [6.07, 6.45) is 3.22. The minimum Gasteiger partial charge on any atom is -0.478 e. The first-order valence-electron chi connectivity index (χ1n) is 7.74. The summed E-state index contributed by atoms with van der Waals surface area (Å²) in [7, 11) is 0. The van der Waals surface area contributed by atoms with Crippen molar-refractivity contribution in [1.82, 2.24) is 24.9 Å². The van der Waals surface area contributed by atoms with Crippen LogP contribution in [0.2, 0.25) is 0 Å². The van der Waals surface area contributed by atoms with E-state index in [1.54, 1.807) is 34.0 Å². The normalized spacial score (nSPS) is 20.0. The summed E-state index contributed by atoms with van der Waals surface area (Å²) < 4.78 is 13.0. The first-order valence-corrected chi connectivity index (χ1v) is 7.74. The molecule has 1 atom stereocenters. The molecule has 0 radical (unpaired) electrons. The molecule has 0 spiro atoms. The van der Waals surface area contributed by atoms with E-state index in [0.717, 1.165) is 19.4 Å². The van der Waals surface area contributed by atoms with Crippen molar-refractivity contribution in [2.45, 2.75) is 25.5 Å². The van der Waals surface area contributed by atoms with Crippen LogP contribution >= 0.6 is 0 Å². The van der Waals surface area contributed by atoms with E-state index in [0.29, 0.717) is 37.2 Å². The third-order valence-electron chi connectivity index (χ3n) is 3.99. The molecule has 1 fully saturated rings. The minimum absolute atomic E-state index is 0.0656. The Bertz CT molecular complexity index is 679. The maximum atomic E-state index is 12.6. The Morgan fingerprint density at radius 3 is 3.17 bits per heavy atom. The smallest absolute Gasteiger partial charge is 0.274 e. The molecular weight excluding hydrogens is 298 g/mol. The second-order valence-electron chi connectivity index (χ2n) is 5.63. The van der Waals surface area contributed by atoms with Crippen LogP contribution in [-0.2, 0) is 6.54 Å². The SMILES string of the molecule is O=C(c1cc2n(n1)CCCO2)N1CC[C@@H](Oc2cccnn2)C1. The van der Waals surface area contributed by atoms with Gasteiger partial charge in [0.05, 0.1) is 13.2 Å². The largest absolute Gasteiger partial charge is 0.478 e. The summed E-state index contributed by atoms with van der Waals surface area (Å²) in [6.45, 7) is 2.64. The van der Waals surface area contributed by atoms with Gasteiger partial charge in [-0.2, -0.15) is 10.2 Å². The van der Waals surface area contributed by atoms with Gasteiger partial charge in [-0.05, 0) is 6.07 Å². The molecule has 4 heterocycles. The first kappa shape index (κ1) is 14.0. The van der Waals surface area contributed by atoms with Crippen LogP contribution in [0.1, 0.15) is 23.3 Å². The van der Waals surface area contributed by atoms with E-state index in [9.17, 15) is 4.79 Å². The van der Waals surface area contributed by atoms with Gasteiger partial charge in [0, 0.05) is 44.3 Å². The maximum Gasteiger partial charge on any atom is 0.274 e. The Morgan fingerprint density at radius 2 is 2.35 bits per heavy atom. The van der Waals surface area contributed by atoms with Gasteiger partial charge >= 0.3 is 0 Å². The van der Waals surface area contributed by atoms with Crippen molar-refractivity contribution >= 4 is 5.91 Å². The Morgan fingerprint density at radius 1 is 1.39 bits per heavy atom. The Hall–Kier alpha value is -2.64. The zero-order chi connectivity index (χ0) is 15.6. The Labute approximate surface area is 133 Å². The van der Waals surface area contributed by atoms with Crippen LogP contribution < -0.4 is 9.47 Å². The highest BCUT2D eigenvalue weighted by atomic mass is 16.5. The molecule has 0 aromatic carbocycles. The van der Waals surface area contributed by atoms with Gasteiger partial charge in [-0.25, -0.2) is 4.68 Å². The monoisotopic (exact) mass is 315 g/mol. The topological polar surface area (TPSA) is 82.4 Å². The van der Waals surface area contributed by atoms with Gasteiger partial charge in [0.1, 0.15) is 6.10 Å². The molecule has 120 valence electrons. The molecule has 8 heteroatoms. The fourth-order valence-corrected chi connectivity index (χ4v) is 2.86. The lowest BCUT2D eigenvalue weighted by Gasteiger charge is -2.15. The lowest BCUT2D eigenvalue weighted by Crippen LogP contribution is -2.31. The van der Waals surface area contributed by atoms with E-state index in [-0.39, 0.29) is 12.0 Å². The molecule has 0 bridgehead atoms. The van der Waals surface area contributed by atoms with E-state index < -0.39 is 0 Å². The molecule has 0 aliphatic carbocycles. The molecule has 2 aliphatic heterocycles. The third-order valence-corrected chi connectivity index (χ3v) is 3.99. The molecular formula is C15H17N5O3. The van der Waals surface area contributed by atoms with Crippen molar-refractivity contribution in [2.75, 3.05) is 19.7 Å². The lowest BCUT2D eigenvalue weighted by molar-refractivity contribution is 0.0764. The number of ether oxygens (including phenoxy) is 2. The summed E-state index contributed by atoms with van der Waals surface area (Å²) in [5.41, 5.74) is 0.432. The van der Waals surface area contributed by atoms with Crippen LogP contribution in [0.3, 0.4) is 0 Å². The molecule has 1 saturated heterocycles. The number of aromatic nitrogens is 4. The van der Waals surface area contributed by atoms with Crippen LogP contribution in [0.25, 0.3) is 0 Å². The fraction of sp³-hybridized carbons (Fsp3) is 0.467. The molecule has 2 aliphatic rings. The number of aryl methyl sites for hydroxylation is 1. The van der Waals surface area contributed by atoms with E-state index in [4.69, 9.17) is 9.47 Å². The number of hydrogen-bond acceptors (Lipinski definition) is 6. The van der Waals surface area contributed by atoms with Gasteiger partial charge in [0.2, 0.25) is 11.8 Å². The van der Waals surface area contributed by atoms with Crippen molar-refractivity contribution in [2.24, 2.45) is 0 Å². The molecule has 1 amide bonds. The van der Waals surface area contributed by atoms with E-state index in [2.05, 4.69) is 15.3 Å². The number of rotatable bonds is 3. The van der Waals surface area contributed by atoms with Gasteiger partial charge in [-0.1, -0.05) is 0 Å². The molecule has 2 aromatic rings.